The number of sulfonamides is 1. The summed E-state index contributed by atoms with van der Waals surface area (Å²) in [6, 6.07) is 3.11. The summed E-state index contributed by atoms with van der Waals surface area (Å²) in [7, 11) is -6.19. The van der Waals surface area contributed by atoms with E-state index in [2.05, 4.69) is 5.32 Å². The predicted molar refractivity (Wildman–Crippen MR) is 91.0 cm³/mol. The van der Waals surface area contributed by atoms with Gasteiger partial charge in [-0.05, 0) is 31.0 Å². The molecule has 0 saturated carbocycles. The third kappa shape index (κ3) is 4.49. The molecule has 25 heavy (non-hydrogen) atoms. The van der Waals surface area contributed by atoms with Crippen LogP contribution in [0, 0.1) is 5.82 Å². The maximum Gasteiger partial charge on any atom is 0.243 e. The Morgan fingerprint density at radius 3 is 2.40 bits per heavy atom. The second-order valence-electron chi connectivity index (χ2n) is 5.66. The highest BCUT2D eigenvalue weighted by atomic mass is 35.5. The minimum absolute atomic E-state index is 0.00499. The molecule has 1 N–H and O–H groups in total. The van der Waals surface area contributed by atoms with Crippen LogP contribution in [0.25, 0.3) is 0 Å². The number of nitrogens with one attached hydrogen (secondary N) is 1. The first-order chi connectivity index (χ1) is 11.6. The second kappa shape index (κ2) is 7.56. The third-order valence-electron chi connectivity index (χ3n) is 4.05. The molecule has 0 atom stereocenters. The highest BCUT2D eigenvalue weighted by Crippen LogP contribution is 2.26. The Bertz CT molecular complexity index is 865. The standard InChI is InChI=1S/C14H18ClFN2O5S2/c1-17-14(19)9-24(20,21)10-4-6-18(7-5-10)25(22,23)11-2-3-13(16)12(15)8-11/h2-3,8,10H,4-7,9H2,1H3,(H,17,19). The molecule has 2 rings (SSSR count). The first kappa shape index (κ1) is 20.1. The summed E-state index contributed by atoms with van der Waals surface area (Å²) < 4.78 is 63.8. The van der Waals surface area contributed by atoms with Gasteiger partial charge in [-0.25, -0.2) is 21.2 Å². The number of nitrogens with zero attached hydrogens (tertiary/aromatic N) is 1. The van der Waals surface area contributed by atoms with Crippen LogP contribution in [0.4, 0.5) is 4.39 Å². The van der Waals surface area contributed by atoms with Crippen molar-refractivity contribution in [3.8, 4) is 0 Å². The lowest BCUT2D eigenvalue weighted by Gasteiger charge is -2.30. The van der Waals surface area contributed by atoms with E-state index in [-0.39, 0.29) is 35.8 Å². The van der Waals surface area contributed by atoms with E-state index in [4.69, 9.17) is 11.6 Å². The minimum atomic E-state index is -3.89. The van der Waals surface area contributed by atoms with Crippen LogP contribution in [0.5, 0.6) is 0 Å². The van der Waals surface area contributed by atoms with Gasteiger partial charge in [-0.15, -0.1) is 0 Å². The van der Waals surface area contributed by atoms with Crippen LogP contribution in [0.2, 0.25) is 5.02 Å². The van der Waals surface area contributed by atoms with E-state index in [9.17, 15) is 26.0 Å². The van der Waals surface area contributed by atoms with Crippen molar-refractivity contribution in [2.75, 3.05) is 25.9 Å². The van der Waals surface area contributed by atoms with Gasteiger partial charge >= 0.3 is 0 Å². The van der Waals surface area contributed by atoms with Crippen LogP contribution >= 0.6 is 11.6 Å². The van der Waals surface area contributed by atoms with E-state index in [1.165, 1.54) is 7.05 Å². The molecule has 140 valence electrons. The molecule has 0 spiro atoms. The lowest BCUT2D eigenvalue weighted by molar-refractivity contribution is -0.118. The molecule has 0 aliphatic carbocycles. The average molecular weight is 413 g/mol. The number of carbonyl (C=O) groups excluding carboxylic acids is 1. The molecular formula is C14H18ClFN2O5S2. The summed E-state index contributed by atoms with van der Waals surface area (Å²) in [4.78, 5) is 11.2. The smallest absolute Gasteiger partial charge is 0.243 e. The molecule has 1 heterocycles. The lowest BCUT2D eigenvalue weighted by Crippen LogP contribution is -2.44. The second-order valence-corrected chi connectivity index (χ2v) is 10.3. The van der Waals surface area contributed by atoms with Crippen molar-refractivity contribution < 1.29 is 26.0 Å². The van der Waals surface area contributed by atoms with Gasteiger partial charge in [0.2, 0.25) is 15.9 Å². The largest absolute Gasteiger partial charge is 0.358 e. The Morgan fingerprint density at radius 1 is 1.28 bits per heavy atom. The zero-order valence-electron chi connectivity index (χ0n) is 13.4. The SMILES string of the molecule is CNC(=O)CS(=O)(=O)C1CCN(S(=O)(=O)c2ccc(F)c(Cl)c2)CC1. The summed E-state index contributed by atoms with van der Waals surface area (Å²) in [6.45, 7) is -0.00998. The van der Waals surface area contributed by atoms with E-state index in [0.717, 1.165) is 22.5 Å². The van der Waals surface area contributed by atoms with E-state index in [1.54, 1.807) is 0 Å². The van der Waals surface area contributed by atoms with Gasteiger partial charge in [-0.3, -0.25) is 4.79 Å². The molecule has 1 aromatic rings. The van der Waals surface area contributed by atoms with E-state index in [0.29, 0.717) is 0 Å². The highest BCUT2D eigenvalue weighted by molar-refractivity contribution is 7.92. The molecule has 1 aliphatic rings. The monoisotopic (exact) mass is 412 g/mol. The molecule has 1 aromatic carbocycles. The number of hydrogen-bond donors (Lipinski definition) is 1. The number of carbonyl (C=O) groups is 1. The van der Waals surface area contributed by atoms with Crippen LogP contribution in [0.15, 0.2) is 23.1 Å². The number of amides is 1. The summed E-state index contributed by atoms with van der Waals surface area (Å²) in [5, 5.41) is 1.18. The van der Waals surface area contributed by atoms with E-state index < -0.39 is 42.6 Å². The van der Waals surface area contributed by atoms with Crippen molar-refractivity contribution in [1.29, 1.82) is 0 Å². The van der Waals surface area contributed by atoms with Crippen LogP contribution in [-0.4, -0.2) is 58.2 Å². The topological polar surface area (TPSA) is 101 Å². The maximum atomic E-state index is 13.2. The first-order valence-electron chi connectivity index (χ1n) is 7.45. The number of sulfone groups is 1. The first-order valence-corrected chi connectivity index (χ1v) is 11.0. The third-order valence-corrected chi connectivity index (χ3v) is 8.38. The van der Waals surface area contributed by atoms with Crippen molar-refractivity contribution in [3.05, 3.63) is 29.0 Å². The Hall–Kier alpha value is -1.23. The molecule has 0 unspecified atom stereocenters. The number of piperidine rings is 1. The average Bonchev–Trinajstić information content (AvgIpc) is 2.56. The van der Waals surface area contributed by atoms with Gasteiger partial charge in [0.15, 0.2) is 9.84 Å². The quantitative estimate of drug-likeness (QED) is 0.770. The Labute approximate surface area is 151 Å². The highest BCUT2D eigenvalue weighted by Gasteiger charge is 2.35. The molecule has 0 bridgehead atoms. The van der Waals surface area contributed by atoms with Gasteiger partial charge in [0.05, 0.1) is 15.2 Å². The van der Waals surface area contributed by atoms with Gasteiger partial charge < -0.3 is 5.32 Å². The number of rotatable bonds is 5. The van der Waals surface area contributed by atoms with Crippen molar-refractivity contribution in [2.45, 2.75) is 23.0 Å². The van der Waals surface area contributed by atoms with Gasteiger partial charge in [0.25, 0.3) is 0 Å². The van der Waals surface area contributed by atoms with Gasteiger partial charge in [0.1, 0.15) is 11.6 Å². The zero-order chi connectivity index (χ0) is 18.8. The number of hydrogen-bond acceptors (Lipinski definition) is 5. The van der Waals surface area contributed by atoms with E-state index >= 15 is 0 Å². The molecule has 1 fully saturated rings. The molecule has 1 amide bonds. The normalized spacial score (nSPS) is 17.4. The fourth-order valence-corrected chi connectivity index (χ4v) is 6.01. The van der Waals surface area contributed by atoms with Crippen molar-refractivity contribution in [3.63, 3.8) is 0 Å². The number of halogens is 2. The fourth-order valence-electron chi connectivity index (χ4n) is 2.59. The predicted octanol–water partition coefficient (Wildman–Crippen LogP) is 0.793. The summed E-state index contributed by atoms with van der Waals surface area (Å²) in [5.74, 6) is -1.94. The molecular weight excluding hydrogens is 395 g/mol. The van der Waals surface area contributed by atoms with Crippen LogP contribution in [0.3, 0.4) is 0 Å². The lowest BCUT2D eigenvalue weighted by atomic mass is 10.2. The molecule has 0 radical (unpaired) electrons. The summed E-state index contributed by atoms with van der Waals surface area (Å²) >= 11 is 5.63. The van der Waals surface area contributed by atoms with Crippen LogP contribution in [-0.2, 0) is 24.7 Å². The Balaban J connectivity index is 2.11. The van der Waals surface area contributed by atoms with Gasteiger partial charge in [-0.1, -0.05) is 11.6 Å². The zero-order valence-corrected chi connectivity index (χ0v) is 15.8. The van der Waals surface area contributed by atoms with Gasteiger partial charge in [-0.2, -0.15) is 4.31 Å². The molecule has 1 saturated heterocycles. The molecule has 11 heteroatoms. The number of benzene rings is 1. The van der Waals surface area contributed by atoms with Crippen molar-refractivity contribution >= 4 is 37.4 Å². The summed E-state index contributed by atoms with van der Waals surface area (Å²) in [5.41, 5.74) is 0. The minimum Gasteiger partial charge on any atom is -0.358 e. The molecule has 1 aliphatic heterocycles. The van der Waals surface area contributed by atoms with Gasteiger partial charge in [0, 0.05) is 20.1 Å². The molecule has 7 nitrogen and oxygen atoms in total. The van der Waals surface area contributed by atoms with Crippen LogP contribution in [0.1, 0.15) is 12.8 Å². The van der Waals surface area contributed by atoms with Crippen molar-refractivity contribution in [2.24, 2.45) is 0 Å². The Morgan fingerprint density at radius 2 is 1.88 bits per heavy atom. The van der Waals surface area contributed by atoms with Crippen molar-refractivity contribution in [1.82, 2.24) is 9.62 Å². The maximum absolute atomic E-state index is 13.2. The summed E-state index contributed by atoms with van der Waals surface area (Å²) in [6.07, 6.45) is 0.182. The fraction of sp³-hybridized carbons (Fsp3) is 0.500. The Kier molecular flexibility index (Phi) is 6.08. The molecule has 0 aromatic heterocycles. The van der Waals surface area contributed by atoms with E-state index in [1.807, 2.05) is 0 Å². The van der Waals surface area contributed by atoms with Crippen LogP contribution < -0.4 is 5.32 Å².